The van der Waals surface area contributed by atoms with Crippen LogP contribution in [-0.4, -0.2) is 6.04 Å². The van der Waals surface area contributed by atoms with Crippen LogP contribution in [0.2, 0.25) is 10.0 Å². The van der Waals surface area contributed by atoms with Gasteiger partial charge in [0.25, 0.3) is 0 Å². The van der Waals surface area contributed by atoms with Crippen LogP contribution in [0.5, 0.6) is 0 Å². The Kier molecular flexibility index (Phi) is 5.35. The fraction of sp³-hybridized carbons (Fsp3) is 0.600. The molecule has 3 heteroatoms. The van der Waals surface area contributed by atoms with Gasteiger partial charge in [0.1, 0.15) is 0 Å². The fourth-order valence-corrected chi connectivity index (χ4v) is 3.31. The molecule has 1 aliphatic carbocycles. The van der Waals surface area contributed by atoms with Crippen molar-refractivity contribution in [3.8, 4) is 0 Å². The van der Waals surface area contributed by atoms with Gasteiger partial charge in [0.05, 0.1) is 0 Å². The first-order valence-electron chi connectivity index (χ1n) is 6.84. The number of halogens is 2. The van der Waals surface area contributed by atoms with E-state index in [2.05, 4.69) is 0 Å². The second kappa shape index (κ2) is 6.79. The van der Waals surface area contributed by atoms with Crippen LogP contribution < -0.4 is 5.73 Å². The van der Waals surface area contributed by atoms with Crippen molar-refractivity contribution >= 4 is 23.2 Å². The van der Waals surface area contributed by atoms with Crippen molar-refractivity contribution in [1.82, 2.24) is 0 Å². The second-order valence-electron chi connectivity index (χ2n) is 5.44. The first-order chi connectivity index (χ1) is 8.65. The van der Waals surface area contributed by atoms with E-state index in [9.17, 15) is 0 Å². The average molecular weight is 286 g/mol. The molecule has 1 aromatic carbocycles. The summed E-state index contributed by atoms with van der Waals surface area (Å²) in [7, 11) is 0. The molecule has 1 fully saturated rings. The van der Waals surface area contributed by atoms with E-state index in [1.165, 1.54) is 32.1 Å². The third-order valence-corrected chi connectivity index (χ3v) is 4.45. The molecule has 2 N–H and O–H groups in total. The maximum atomic E-state index is 6.25. The maximum absolute atomic E-state index is 6.25. The van der Waals surface area contributed by atoms with Gasteiger partial charge >= 0.3 is 0 Å². The van der Waals surface area contributed by atoms with Gasteiger partial charge < -0.3 is 5.73 Å². The van der Waals surface area contributed by atoms with Gasteiger partial charge in [0.2, 0.25) is 0 Å². The summed E-state index contributed by atoms with van der Waals surface area (Å²) in [6.07, 6.45) is 8.77. The van der Waals surface area contributed by atoms with E-state index in [0.717, 1.165) is 34.4 Å². The van der Waals surface area contributed by atoms with E-state index in [4.69, 9.17) is 28.9 Å². The molecule has 18 heavy (non-hydrogen) atoms. The van der Waals surface area contributed by atoms with Crippen molar-refractivity contribution in [1.29, 1.82) is 0 Å². The maximum Gasteiger partial charge on any atom is 0.0439 e. The molecule has 0 bridgehead atoms. The smallest absolute Gasteiger partial charge is 0.0439 e. The summed E-state index contributed by atoms with van der Waals surface area (Å²) in [5.41, 5.74) is 7.33. The summed E-state index contributed by atoms with van der Waals surface area (Å²) in [6, 6.07) is 5.81. The highest BCUT2D eigenvalue weighted by atomic mass is 35.5. The van der Waals surface area contributed by atoms with E-state index in [-0.39, 0.29) is 6.04 Å². The number of nitrogens with two attached hydrogens (primary N) is 1. The van der Waals surface area contributed by atoms with Crippen LogP contribution in [0.1, 0.15) is 44.1 Å². The molecule has 100 valence electrons. The van der Waals surface area contributed by atoms with E-state index < -0.39 is 0 Å². The Morgan fingerprint density at radius 2 is 1.89 bits per heavy atom. The predicted molar refractivity (Wildman–Crippen MR) is 79.3 cm³/mol. The van der Waals surface area contributed by atoms with Gasteiger partial charge in [-0.05, 0) is 42.5 Å². The minimum absolute atomic E-state index is 0.198. The Bertz CT molecular complexity index is 386. The molecule has 1 aromatic rings. The third kappa shape index (κ3) is 4.15. The highest BCUT2D eigenvalue weighted by molar-refractivity contribution is 6.33. The molecule has 0 aromatic heterocycles. The molecule has 0 aliphatic heterocycles. The van der Waals surface area contributed by atoms with Crippen molar-refractivity contribution in [2.45, 2.75) is 51.0 Å². The van der Waals surface area contributed by atoms with Gasteiger partial charge in [0.15, 0.2) is 0 Å². The second-order valence-corrected chi connectivity index (χ2v) is 6.28. The first-order valence-corrected chi connectivity index (χ1v) is 7.60. The Labute approximate surface area is 120 Å². The average Bonchev–Trinajstić information content (AvgIpc) is 2.35. The van der Waals surface area contributed by atoms with Crippen LogP contribution in [0, 0.1) is 5.92 Å². The molecule has 1 unspecified atom stereocenters. The molecule has 0 saturated heterocycles. The molecule has 1 atom stereocenters. The standard InChI is InChI=1S/C15H21Cl2N/c16-13-6-7-15(17)12(9-13)10-14(18)8-11-4-2-1-3-5-11/h6-7,9,11,14H,1-5,8,10,18H2. The molecule has 0 spiro atoms. The van der Waals surface area contributed by atoms with Crippen molar-refractivity contribution in [2.75, 3.05) is 0 Å². The number of rotatable bonds is 4. The number of hydrogen-bond acceptors (Lipinski definition) is 1. The minimum atomic E-state index is 0.198. The first kappa shape index (κ1) is 14.2. The SMILES string of the molecule is NC(Cc1cc(Cl)ccc1Cl)CC1CCCCC1. The summed E-state index contributed by atoms with van der Waals surface area (Å²) in [6.45, 7) is 0. The molecule has 0 radical (unpaired) electrons. The number of hydrogen-bond donors (Lipinski definition) is 1. The van der Waals surface area contributed by atoms with Crippen LogP contribution in [-0.2, 0) is 6.42 Å². The molecular weight excluding hydrogens is 265 g/mol. The Morgan fingerprint density at radius 3 is 2.61 bits per heavy atom. The normalized spacial score (nSPS) is 18.8. The highest BCUT2D eigenvalue weighted by Crippen LogP contribution is 2.28. The summed E-state index contributed by atoms with van der Waals surface area (Å²) in [4.78, 5) is 0. The van der Waals surface area contributed by atoms with Crippen LogP contribution >= 0.6 is 23.2 Å². The van der Waals surface area contributed by atoms with Gasteiger partial charge in [-0.3, -0.25) is 0 Å². The lowest BCUT2D eigenvalue weighted by atomic mass is 9.84. The summed E-state index contributed by atoms with van der Waals surface area (Å²) in [5.74, 6) is 0.812. The Morgan fingerprint density at radius 1 is 1.17 bits per heavy atom. The van der Waals surface area contributed by atoms with Crippen LogP contribution in [0.15, 0.2) is 18.2 Å². The topological polar surface area (TPSA) is 26.0 Å². The number of benzene rings is 1. The molecular formula is C15H21Cl2N. The van der Waals surface area contributed by atoms with Crippen LogP contribution in [0.4, 0.5) is 0 Å². The summed E-state index contributed by atoms with van der Waals surface area (Å²) >= 11 is 12.2. The van der Waals surface area contributed by atoms with Gasteiger partial charge in [-0.25, -0.2) is 0 Å². The van der Waals surface area contributed by atoms with Crippen LogP contribution in [0.25, 0.3) is 0 Å². The zero-order chi connectivity index (χ0) is 13.0. The van der Waals surface area contributed by atoms with Gasteiger partial charge in [-0.2, -0.15) is 0 Å². The zero-order valence-electron chi connectivity index (χ0n) is 10.7. The minimum Gasteiger partial charge on any atom is -0.327 e. The molecule has 1 nitrogen and oxygen atoms in total. The Hall–Kier alpha value is -0.240. The van der Waals surface area contributed by atoms with Crippen LogP contribution in [0.3, 0.4) is 0 Å². The van der Waals surface area contributed by atoms with Crippen molar-refractivity contribution in [3.05, 3.63) is 33.8 Å². The molecule has 1 saturated carbocycles. The molecule has 2 rings (SSSR count). The van der Waals surface area contributed by atoms with E-state index in [1.54, 1.807) is 0 Å². The Balaban J connectivity index is 1.89. The monoisotopic (exact) mass is 285 g/mol. The van der Waals surface area contributed by atoms with Crippen molar-refractivity contribution in [2.24, 2.45) is 11.7 Å². The summed E-state index contributed by atoms with van der Waals surface area (Å²) in [5, 5.41) is 1.51. The molecule has 1 aliphatic rings. The van der Waals surface area contributed by atoms with E-state index in [0.29, 0.717) is 0 Å². The lowest BCUT2D eigenvalue weighted by molar-refractivity contribution is 0.317. The van der Waals surface area contributed by atoms with Crippen molar-refractivity contribution < 1.29 is 0 Å². The summed E-state index contributed by atoms with van der Waals surface area (Å²) < 4.78 is 0. The van der Waals surface area contributed by atoms with Crippen molar-refractivity contribution in [3.63, 3.8) is 0 Å². The van der Waals surface area contributed by atoms with E-state index >= 15 is 0 Å². The molecule has 0 heterocycles. The lowest BCUT2D eigenvalue weighted by Crippen LogP contribution is -2.27. The van der Waals surface area contributed by atoms with Gasteiger partial charge in [-0.1, -0.05) is 55.3 Å². The van der Waals surface area contributed by atoms with E-state index in [1.807, 2.05) is 18.2 Å². The lowest BCUT2D eigenvalue weighted by Gasteiger charge is -2.24. The van der Waals surface area contributed by atoms with Gasteiger partial charge in [0, 0.05) is 16.1 Å². The third-order valence-electron chi connectivity index (χ3n) is 3.85. The van der Waals surface area contributed by atoms with Gasteiger partial charge in [-0.15, -0.1) is 0 Å². The zero-order valence-corrected chi connectivity index (χ0v) is 12.2. The predicted octanol–water partition coefficient (Wildman–Crippen LogP) is 4.83. The largest absolute Gasteiger partial charge is 0.327 e. The highest BCUT2D eigenvalue weighted by Gasteiger charge is 2.17. The fourth-order valence-electron chi connectivity index (χ4n) is 2.92. The quantitative estimate of drug-likeness (QED) is 0.842. The molecule has 0 amide bonds.